The molecule has 10 rings (SSSR count). The topological polar surface area (TPSA) is 0 Å². The smallest absolute Gasteiger partial charge is 0.00141 e. The van der Waals surface area contributed by atoms with Crippen molar-refractivity contribution >= 4 is 67.4 Å². The van der Waals surface area contributed by atoms with Gasteiger partial charge in [0.1, 0.15) is 0 Å². The summed E-state index contributed by atoms with van der Waals surface area (Å²) >= 11 is 0. The first-order valence-corrected chi connectivity index (χ1v) is 19.3. The van der Waals surface area contributed by atoms with Crippen molar-refractivity contribution in [3.63, 3.8) is 0 Å². The third-order valence-corrected chi connectivity index (χ3v) is 11.0. The Hall–Kier alpha value is -7.28. The molecule has 0 aliphatic rings. The first kappa shape index (κ1) is 33.3. The van der Waals surface area contributed by atoms with Crippen LogP contribution in [0.1, 0.15) is 22.3 Å². The minimum absolute atomic E-state index is 1.17. The van der Waals surface area contributed by atoms with Crippen LogP contribution in [0.4, 0.5) is 0 Å². The number of benzene rings is 10. The standard InChI is InChI=1S/C56H38/c1-2-17-45(18-3-1)50-25-12-26-53-54(48-21-10-13-39(37-48)27-29-41-31-33-43-15-4-6-19-46(43)35-41)51-23-8-9-24-52(51)55(56(50)53)49-22-11-14-40(38-49)28-30-42-32-34-44-16-5-7-20-47(44)36-42/h1-38H/b29-27+,30-28+. The van der Waals surface area contributed by atoms with Gasteiger partial charge in [-0.3, -0.25) is 0 Å². The van der Waals surface area contributed by atoms with Gasteiger partial charge in [0.2, 0.25) is 0 Å². The summed E-state index contributed by atoms with van der Waals surface area (Å²) in [5, 5.41) is 10.0. The zero-order valence-corrected chi connectivity index (χ0v) is 30.9. The van der Waals surface area contributed by atoms with Crippen molar-refractivity contribution < 1.29 is 0 Å². The van der Waals surface area contributed by atoms with Gasteiger partial charge < -0.3 is 0 Å². The fourth-order valence-electron chi connectivity index (χ4n) is 8.30. The van der Waals surface area contributed by atoms with Crippen molar-refractivity contribution in [3.05, 3.63) is 229 Å². The Morgan fingerprint density at radius 3 is 1.27 bits per heavy atom. The first-order valence-electron chi connectivity index (χ1n) is 19.3. The minimum Gasteiger partial charge on any atom is -0.0622 e. The van der Waals surface area contributed by atoms with Crippen LogP contribution in [0.3, 0.4) is 0 Å². The third-order valence-electron chi connectivity index (χ3n) is 11.0. The monoisotopic (exact) mass is 710 g/mol. The SMILES string of the molecule is C(=C\c1ccc2ccccc2c1)/c1cccc(-c2c3ccccc3c(-c3cccc(/C=C/c4ccc5ccccc5c4)c3)c3c(-c4ccccc4)cccc23)c1. The van der Waals surface area contributed by atoms with Gasteiger partial charge in [0.15, 0.2) is 0 Å². The second-order valence-corrected chi connectivity index (χ2v) is 14.5. The molecule has 0 aliphatic carbocycles. The van der Waals surface area contributed by atoms with Crippen LogP contribution >= 0.6 is 0 Å². The zero-order chi connectivity index (χ0) is 37.3. The number of fused-ring (bicyclic) bond motifs is 4. The fourth-order valence-corrected chi connectivity index (χ4v) is 8.30. The number of rotatable bonds is 7. The lowest BCUT2D eigenvalue weighted by Gasteiger charge is -2.20. The zero-order valence-electron chi connectivity index (χ0n) is 30.9. The second kappa shape index (κ2) is 14.5. The van der Waals surface area contributed by atoms with Crippen LogP contribution in [0.15, 0.2) is 206 Å². The molecule has 0 heterocycles. The van der Waals surface area contributed by atoms with Crippen LogP contribution in [0.2, 0.25) is 0 Å². The molecule has 0 unspecified atom stereocenters. The molecule has 0 radical (unpaired) electrons. The van der Waals surface area contributed by atoms with E-state index in [9.17, 15) is 0 Å². The maximum absolute atomic E-state index is 2.35. The summed E-state index contributed by atoms with van der Waals surface area (Å²) < 4.78 is 0. The molecule has 0 bridgehead atoms. The van der Waals surface area contributed by atoms with Gasteiger partial charge >= 0.3 is 0 Å². The first-order chi connectivity index (χ1) is 27.7. The van der Waals surface area contributed by atoms with Crippen LogP contribution in [-0.4, -0.2) is 0 Å². The molecule has 0 amide bonds. The van der Waals surface area contributed by atoms with E-state index in [4.69, 9.17) is 0 Å². The van der Waals surface area contributed by atoms with Crippen LogP contribution in [-0.2, 0) is 0 Å². The summed E-state index contributed by atoms with van der Waals surface area (Å²) in [5.74, 6) is 0. The molecule has 0 aromatic heterocycles. The molecule has 0 saturated heterocycles. The summed E-state index contributed by atoms with van der Waals surface area (Å²) in [5.41, 5.74) is 12.1. The Kier molecular flexibility index (Phi) is 8.63. The lowest BCUT2D eigenvalue weighted by molar-refractivity contribution is 1.61. The second-order valence-electron chi connectivity index (χ2n) is 14.5. The maximum atomic E-state index is 2.35. The minimum atomic E-state index is 1.17. The summed E-state index contributed by atoms with van der Waals surface area (Å²) in [6.45, 7) is 0. The van der Waals surface area contributed by atoms with Crippen LogP contribution < -0.4 is 0 Å². The van der Waals surface area contributed by atoms with Crippen molar-refractivity contribution in [2.75, 3.05) is 0 Å². The van der Waals surface area contributed by atoms with Crippen molar-refractivity contribution in [2.45, 2.75) is 0 Å². The van der Waals surface area contributed by atoms with E-state index in [1.807, 2.05) is 0 Å². The molecule has 10 aromatic carbocycles. The van der Waals surface area contributed by atoms with Gasteiger partial charge in [-0.25, -0.2) is 0 Å². The van der Waals surface area contributed by atoms with Crippen molar-refractivity contribution in [3.8, 4) is 33.4 Å². The summed E-state index contributed by atoms with van der Waals surface area (Å²) in [4.78, 5) is 0. The van der Waals surface area contributed by atoms with E-state index in [1.54, 1.807) is 0 Å². The van der Waals surface area contributed by atoms with Crippen molar-refractivity contribution in [1.29, 1.82) is 0 Å². The highest BCUT2D eigenvalue weighted by molar-refractivity contribution is 6.24. The lowest BCUT2D eigenvalue weighted by Crippen LogP contribution is -1.93. The Bertz CT molecular complexity index is 3120. The van der Waals surface area contributed by atoms with Crippen molar-refractivity contribution in [1.82, 2.24) is 0 Å². The molecular weight excluding hydrogens is 673 g/mol. The Balaban J connectivity index is 1.14. The van der Waals surface area contributed by atoms with E-state index in [-0.39, 0.29) is 0 Å². The molecule has 56 heavy (non-hydrogen) atoms. The number of hydrogen-bond donors (Lipinski definition) is 0. The normalized spacial score (nSPS) is 11.8. The van der Waals surface area contributed by atoms with E-state index < -0.39 is 0 Å². The van der Waals surface area contributed by atoms with E-state index in [0.29, 0.717) is 0 Å². The van der Waals surface area contributed by atoms with Gasteiger partial charge in [-0.15, -0.1) is 0 Å². The summed E-state index contributed by atoms with van der Waals surface area (Å²) in [6, 6.07) is 75.0. The average Bonchev–Trinajstić information content (AvgIpc) is 3.27. The predicted octanol–water partition coefficient (Wildman–Crippen LogP) is 15.6. The molecule has 0 spiro atoms. The molecule has 0 aliphatic heterocycles. The number of hydrogen-bond acceptors (Lipinski definition) is 0. The molecule has 0 nitrogen and oxygen atoms in total. The average molecular weight is 711 g/mol. The molecule has 0 fully saturated rings. The Morgan fingerprint density at radius 1 is 0.250 bits per heavy atom. The van der Waals surface area contributed by atoms with Crippen LogP contribution in [0.25, 0.3) is 101 Å². The molecule has 10 aromatic rings. The Morgan fingerprint density at radius 2 is 0.679 bits per heavy atom. The lowest BCUT2D eigenvalue weighted by atomic mass is 9.82. The highest BCUT2D eigenvalue weighted by Crippen LogP contribution is 2.47. The van der Waals surface area contributed by atoms with Crippen LogP contribution in [0, 0.1) is 0 Å². The van der Waals surface area contributed by atoms with Gasteiger partial charge in [-0.1, -0.05) is 206 Å². The predicted molar refractivity (Wildman–Crippen MR) is 244 cm³/mol. The summed E-state index contributed by atoms with van der Waals surface area (Å²) in [7, 11) is 0. The van der Waals surface area contributed by atoms with Crippen LogP contribution in [0.5, 0.6) is 0 Å². The molecule has 0 atom stereocenters. The van der Waals surface area contributed by atoms with E-state index in [1.165, 1.54) is 98.7 Å². The largest absolute Gasteiger partial charge is 0.0622 e. The molecule has 0 saturated carbocycles. The maximum Gasteiger partial charge on any atom is -0.00141 e. The van der Waals surface area contributed by atoms with E-state index in [0.717, 1.165) is 0 Å². The molecule has 0 N–H and O–H groups in total. The van der Waals surface area contributed by atoms with Crippen molar-refractivity contribution in [2.24, 2.45) is 0 Å². The quantitative estimate of drug-likeness (QED) is 0.114. The molecular formula is C56H38. The highest BCUT2D eigenvalue weighted by atomic mass is 14.2. The van der Waals surface area contributed by atoms with E-state index in [2.05, 4.69) is 231 Å². The highest BCUT2D eigenvalue weighted by Gasteiger charge is 2.20. The van der Waals surface area contributed by atoms with Gasteiger partial charge in [0, 0.05) is 0 Å². The molecule has 0 heteroatoms. The molecule has 262 valence electrons. The van der Waals surface area contributed by atoms with Gasteiger partial charge in [0.05, 0.1) is 0 Å². The third kappa shape index (κ3) is 6.38. The Labute approximate surface area is 328 Å². The van der Waals surface area contributed by atoms with Gasteiger partial charge in [-0.05, 0) is 123 Å². The van der Waals surface area contributed by atoms with Gasteiger partial charge in [-0.2, -0.15) is 0 Å². The summed E-state index contributed by atoms with van der Waals surface area (Å²) in [6.07, 6.45) is 8.92. The van der Waals surface area contributed by atoms with E-state index >= 15 is 0 Å². The van der Waals surface area contributed by atoms with Gasteiger partial charge in [0.25, 0.3) is 0 Å². The fraction of sp³-hybridized carbons (Fsp3) is 0.